The summed E-state index contributed by atoms with van der Waals surface area (Å²) >= 11 is 0. The highest BCUT2D eigenvalue weighted by Gasteiger charge is 2.22. The summed E-state index contributed by atoms with van der Waals surface area (Å²) in [6.45, 7) is 5.14. The molecule has 0 saturated carbocycles. The third-order valence-corrected chi connectivity index (χ3v) is 3.15. The molecule has 1 unspecified atom stereocenters. The van der Waals surface area contributed by atoms with Gasteiger partial charge >= 0.3 is 0 Å². The largest absolute Gasteiger partial charge is 0.314 e. The van der Waals surface area contributed by atoms with Crippen LogP contribution in [0.1, 0.15) is 17.2 Å². The lowest BCUT2D eigenvalue weighted by molar-refractivity contribution is 0.207. The molecule has 1 N–H and O–H groups in total. The fourth-order valence-electron chi connectivity index (χ4n) is 2.09. The Balaban J connectivity index is 2.22. The van der Waals surface area contributed by atoms with Gasteiger partial charge in [0.2, 0.25) is 0 Å². The molecule has 1 aliphatic rings. The van der Waals surface area contributed by atoms with Crippen LogP contribution in [0.3, 0.4) is 0 Å². The maximum Gasteiger partial charge on any atom is 0.126 e. The second kappa shape index (κ2) is 5.26. The number of nitrogens with zero attached hydrogens (tertiary/aromatic N) is 2. The minimum absolute atomic E-state index is 0.238. The van der Waals surface area contributed by atoms with Crippen LogP contribution >= 0.6 is 0 Å². The lowest BCUT2D eigenvalue weighted by Gasteiger charge is -2.31. The Kier molecular flexibility index (Phi) is 3.72. The monoisotopic (exact) mass is 233 g/mol. The van der Waals surface area contributed by atoms with Gasteiger partial charge in [0.25, 0.3) is 0 Å². The van der Waals surface area contributed by atoms with E-state index in [1.807, 2.05) is 6.07 Å². The maximum atomic E-state index is 13.5. The zero-order chi connectivity index (χ0) is 12.3. The van der Waals surface area contributed by atoms with E-state index in [4.69, 9.17) is 0 Å². The standard InChI is InChI=1S/C13H16FN3/c1-10-2-3-11(8-12(10)14)13(9-15)17-6-4-16-5-7-17/h2-3,8,13,16H,4-7H2,1H3. The van der Waals surface area contributed by atoms with Crippen LogP contribution in [0.25, 0.3) is 0 Å². The third-order valence-electron chi connectivity index (χ3n) is 3.15. The van der Waals surface area contributed by atoms with Crippen LogP contribution in [0, 0.1) is 24.1 Å². The predicted octanol–water partition coefficient (Wildman–Crippen LogP) is 1.60. The van der Waals surface area contributed by atoms with Gasteiger partial charge in [-0.2, -0.15) is 5.26 Å². The zero-order valence-electron chi connectivity index (χ0n) is 9.91. The molecule has 0 aromatic heterocycles. The van der Waals surface area contributed by atoms with Crippen LogP contribution < -0.4 is 5.32 Å². The van der Waals surface area contributed by atoms with Gasteiger partial charge in [0.05, 0.1) is 6.07 Å². The first-order valence-electron chi connectivity index (χ1n) is 5.83. The predicted molar refractivity (Wildman–Crippen MR) is 63.9 cm³/mol. The first-order chi connectivity index (χ1) is 8.22. The van der Waals surface area contributed by atoms with Crippen LogP contribution in [0.2, 0.25) is 0 Å². The van der Waals surface area contributed by atoms with Gasteiger partial charge in [-0.15, -0.1) is 0 Å². The summed E-state index contributed by atoms with van der Waals surface area (Å²) in [6.07, 6.45) is 0. The lowest BCUT2D eigenvalue weighted by atomic mass is 10.0. The minimum Gasteiger partial charge on any atom is -0.314 e. The molecule has 90 valence electrons. The van der Waals surface area contributed by atoms with Crippen molar-refractivity contribution in [2.75, 3.05) is 26.2 Å². The smallest absolute Gasteiger partial charge is 0.126 e. The van der Waals surface area contributed by atoms with Crippen molar-refractivity contribution in [1.82, 2.24) is 10.2 Å². The van der Waals surface area contributed by atoms with Gasteiger partial charge < -0.3 is 5.32 Å². The van der Waals surface area contributed by atoms with E-state index in [1.165, 1.54) is 6.07 Å². The van der Waals surface area contributed by atoms with Crippen molar-refractivity contribution in [2.45, 2.75) is 13.0 Å². The molecule has 1 atom stereocenters. The summed E-state index contributed by atoms with van der Waals surface area (Å²) in [5.41, 5.74) is 1.36. The van der Waals surface area contributed by atoms with Crippen LogP contribution in [0.5, 0.6) is 0 Å². The SMILES string of the molecule is Cc1ccc(C(C#N)N2CCNCC2)cc1F. The van der Waals surface area contributed by atoms with Crippen molar-refractivity contribution in [3.05, 3.63) is 35.1 Å². The van der Waals surface area contributed by atoms with Crippen molar-refractivity contribution < 1.29 is 4.39 Å². The normalized spacial score (nSPS) is 18.6. The van der Waals surface area contributed by atoms with Gasteiger partial charge in [-0.25, -0.2) is 4.39 Å². The Bertz CT molecular complexity index is 433. The van der Waals surface area contributed by atoms with Gasteiger partial charge in [-0.1, -0.05) is 12.1 Å². The summed E-state index contributed by atoms with van der Waals surface area (Å²) in [7, 11) is 0. The van der Waals surface area contributed by atoms with Crippen molar-refractivity contribution >= 4 is 0 Å². The average Bonchev–Trinajstić information content (AvgIpc) is 2.36. The molecule has 4 heteroatoms. The van der Waals surface area contributed by atoms with Gasteiger partial charge in [0.1, 0.15) is 11.9 Å². The van der Waals surface area contributed by atoms with E-state index in [1.54, 1.807) is 13.0 Å². The molecule has 0 spiro atoms. The Labute approximate surface area is 101 Å². The summed E-state index contributed by atoms with van der Waals surface area (Å²) in [5.74, 6) is -0.238. The van der Waals surface area contributed by atoms with E-state index < -0.39 is 0 Å². The van der Waals surface area contributed by atoms with E-state index in [2.05, 4.69) is 16.3 Å². The molecule has 1 aromatic carbocycles. The molecule has 0 aliphatic carbocycles. The van der Waals surface area contributed by atoms with Gasteiger partial charge in [-0.3, -0.25) is 4.90 Å². The van der Waals surface area contributed by atoms with Crippen molar-refractivity contribution in [3.8, 4) is 6.07 Å². The average molecular weight is 233 g/mol. The van der Waals surface area contributed by atoms with E-state index in [0.717, 1.165) is 31.7 Å². The number of rotatable bonds is 2. The summed E-state index contributed by atoms with van der Waals surface area (Å²) in [6, 6.07) is 6.98. The topological polar surface area (TPSA) is 39.1 Å². The third kappa shape index (κ3) is 2.63. The highest BCUT2D eigenvalue weighted by molar-refractivity contribution is 5.29. The molecule has 1 saturated heterocycles. The number of nitriles is 1. The highest BCUT2D eigenvalue weighted by atomic mass is 19.1. The number of aryl methyl sites for hydroxylation is 1. The molecule has 0 bridgehead atoms. The minimum atomic E-state index is -0.341. The quantitative estimate of drug-likeness (QED) is 0.843. The van der Waals surface area contributed by atoms with Crippen molar-refractivity contribution in [1.29, 1.82) is 5.26 Å². The Hall–Kier alpha value is -1.44. The summed E-state index contributed by atoms with van der Waals surface area (Å²) in [4.78, 5) is 2.08. The van der Waals surface area contributed by atoms with Crippen molar-refractivity contribution in [3.63, 3.8) is 0 Å². The molecule has 3 nitrogen and oxygen atoms in total. The molecule has 0 amide bonds. The van der Waals surface area contributed by atoms with Gasteiger partial charge in [0, 0.05) is 26.2 Å². The number of hydrogen-bond donors (Lipinski definition) is 1. The number of nitrogens with one attached hydrogen (secondary N) is 1. The Morgan fingerprint density at radius 1 is 1.41 bits per heavy atom. The van der Waals surface area contributed by atoms with Gasteiger partial charge in [0.15, 0.2) is 0 Å². The molecule has 1 aromatic rings. The molecule has 0 radical (unpaired) electrons. The van der Waals surface area contributed by atoms with Crippen molar-refractivity contribution in [2.24, 2.45) is 0 Å². The molecule has 17 heavy (non-hydrogen) atoms. The lowest BCUT2D eigenvalue weighted by Crippen LogP contribution is -2.44. The van der Waals surface area contributed by atoms with E-state index >= 15 is 0 Å². The molecular formula is C13H16FN3. The van der Waals surface area contributed by atoms with Crippen LogP contribution in [0.4, 0.5) is 4.39 Å². The zero-order valence-corrected chi connectivity index (χ0v) is 9.91. The molecule has 1 fully saturated rings. The summed E-state index contributed by atoms with van der Waals surface area (Å²) in [5, 5.41) is 12.5. The molecule has 1 heterocycles. The van der Waals surface area contributed by atoms with E-state index in [-0.39, 0.29) is 11.9 Å². The van der Waals surface area contributed by atoms with E-state index in [9.17, 15) is 9.65 Å². The van der Waals surface area contributed by atoms with Gasteiger partial charge in [-0.05, 0) is 24.1 Å². The first-order valence-corrected chi connectivity index (χ1v) is 5.83. The van der Waals surface area contributed by atoms with Crippen LogP contribution in [-0.4, -0.2) is 31.1 Å². The maximum absolute atomic E-state index is 13.5. The fourth-order valence-corrected chi connectivity index (χ4v) is 2.09. The van der Waals surface area contributed by atoms with Crippen LogP contribution in [0.15, 0.2) is 18.2 Å². The number of hydrogen-bond acceptors (Lipinski definition) is 3. The summed E-state index contributed by atoms with van der Waals surface area (Å²) < 4.78 is 13.5. The Morgan fingerprint density at radius 2 is 2.12 bits per heavy atom. The fraction of sp³-hybridized carbons (Fsp3) is 0.462. The number of halogens is 1. The second-order valence-electron chi connectivity index (χ2n) is 4.33. The number of benzene rings is 1. The molecule has 2 rings (SSSR count). The Morgan fingerprint density at radius 3 is 2.71 bits per heavy atom. The van der Waals surface area contributed by atoms with E-state index in [0.29, 0.717) is 5.56 Å². The second-order valence-corrected chi connectivity index (χ2v) is 4.33. The van der Waals surface area contributed by atoms with Crippen LogP contribution in [-0.2, 0) is 0 Å². The molecule has 1 aliphatic heterocycles. The molecular weight excluding hydrogens is 217 g/mol. The highest BCUT2D eigenvalue weighted by Crippen LogP contribution is 2.22. The number of piperazine rings is 1. The first kappa shape index (κ1) is 12.0.